The van der Waals surface area contributed by atoms with Crippen LogP contribution in [0.3, 0.4) is 0 Å². The van der Waals surface area contributed by atoms with Gasteiger partial charge in [0.1, 0.15) is 5.75 Å². The molecule has 0 saturated heterocycles. The van der Waals surface area contributed by atoms with Gasteiger partial charge in [-0.15, -0.1) is 0 Å². The monoisotopic (exact) mass is 463 g/mol. The topological polar surface area (TPSA) is 72.9 Å². The summed E-state index contributed by atoms with van der Waals surface area (Å²) in [6.07, 6.45) is 3.21. The molecule has 0 aliphatic carbocycles. The summed E-state index contributed by atoms with van der Waals surface area (Å²) in [7, 11) is -1.15. The van der Waals surface area contributed by atoms with Crippen LogP contribution in [0.1, 0.15) is 5.56 Å². The van der Waals surface area contributed by atoms with E-state index in [0.717, 1.165) is 4.47 Å². The zero-order chi connectivity index (χ0) is 20.3. The third-order valence-corrected chi connectivity index (χ3v) is 6.54. The second-order valence-electron chi connectivity index (χ2n) is 5.87. The molecule has 1 aliphatic rings. The summed E-state index contributed by atoms with van der Waals surface area (Å²) in [5.41, 5.74) is 1.04. The molecule has 0 amide bonds. The lowest BCUT2D eigenvalue weighted by Gasteiger charge is -2.30. The number of carbonyl (C=O) groups excluding carboxylic acids is 1. The fraction of sp³-hybridized carbons (Fsp3) is 0.150. The van der Waals surface area contributed by atoms with Crippen LogP contribution in [0, 0.1) is 0 Å². The fourth-order valence-electron chi connectivity index (χ4n) is 2.85. The summed E-state index contributed by atoms with van der Waals surface area (Å²) >= 11 is 3.37. The van der Waals surface area contributed by atoms with Crippen molar-refractivity contribution in [2.45, 2.75) is 4.90 Å². The van der Waals surface area contributed by atoms with Crippen molar-refractivity contribution in [1.82, 2.24) is 4.31 Å². The van der Waals surface area contributed by atoms with Gasteiger partial charge in [-0.2, -0.15) is 0 Å². The van der Waals surface area contributed by atoms with Gasteiger partial charge in [-0.05, 0) is 48.0 Å². The van der Waals surface area contributed by atoms with Gasteiger partial charge in [-0.25, -0.2) is 13.2 Å². The Kier molecular flexibility index (Phi) is 5.90. The summed E-state index contributed by atoms with van der Waals surface area (Å²) in [4.78, 5) is 12.4. The van der Waals surface area contributed by atoms with Crippen molar-refractivity contribution in [2.24, 2.45) is 0 Å². The molecule has 146 valence electrons. The number of hydrogen-bond donors (Lipinski definition) is 0. The maximum Gasteiger partial charge on any atom is 0.340 e. The molecular formula is C20H18BrNO5S. The van der Waals surface area contributed by atoms with Gasteiger partial charge in [0.25, 0.3) is 10.0 Å². The number of methoxy groups -OCH3 is 2. The molecule has 0 radical (unpaired) electrons. The van der Waals surface area contributed by atoms with E-state index >= 15 is 0 Å². The first-order chi connectivity index (χ1) is 13.4. The van der Waals surface area contributed by atoms with Crippen molar-refractivity contribution >= 4 is 37.6 Å². The number of esters is 1. The number of benzene rings is 2. The van der Waals surface area contributed by atoms with Crippen LogP contribution >= 0.6 is 15.9 Å². The van der Waals surface area contributed by atoms with E-state index in [2.05, 4.69) is 15.9 Å². The number of carbonyl (C=O) groups is 1. The standard InChI is InChI=1S/C20H18BrNO5S/c1-26-16-9-11-17(12-10-16)28(24,25)22-13-3-4-18(20(23)27-2)19(22)14-5-7-15(21)8-6-14/h3-12H,13H2,1-2H3. The van der Waals surface area contributed by atoms with E-state index in [1.54, 1.807) is 48.6 Å². The van der Waals surface area contributed by atoms with Crippen LogP contribution in [0.2, 0.25) is 0 Å². The zero-order valence-electron chi connectivity index (χ0n) is 15.3. The van der Waals surface area contributed by atoms with Crippen LogP contribution in [0.25, 0.3) is 5.70 Å². The van der Waals surface area contributed by atoms with Gasteiger partial charge >= 0.3 is 5.97 Å². The van der Waals surface area contributed by atoms with Crippen LogP contribution < -0.4 is 4.74 Å². The smallest absolute Gasteiger partial charge is 0.340 e. The zero-order valence-corrected chi connectivity index (χ0v) is 17.7. The normalized spacial score (nSPS) is 14.2. The molecule has 6 nitrogen and oxygen atoms in total. The van der Waals surface area contributed by atoms with Crippen LogP contribution in [0.15, 0.2) is 75.6 Å². The molecule has 3 rings (SSSR count). The lowest BCUT2D eigenvalue weighted by atomic mass is 10.0. The summed E-state index contributed by atoms with van der Waals surface area (Å²) in [5, 5.41) is 0. The number of sulfonamides is 1. The molecule has 0 aromatic heterocycles. The number of ether oxygens (including phenoxy) is 2. The average molecular weight is 464 g/mol. The molecule has 8 heteroatoms. The van der Waals surface area contributed by atoms with Gasteiger partial charge in [0, 0.05) is 4.47 Å². The number of hydrogen-bond acceptors (Lipinski definition) is 5. The average Bonchev–Trinajstić information content (AvgIpc) is 2.73. The second kappa shape index (κ2) is 8.20. The Hall–Kier alpha value is -2.58. The van der Waals surface area contributed by atoms with Crippen molar-refractivity contribution in [1.29, 1.82) is 0 Å². The van der Waals surface area contributed by atoms with Crippen LogP contribution in [-0.4, -0.2) is 39.5 Å². The van der Waals surface area contributed by atoms with E-state index < -0.39 is 16.0 Å². The van der Waals surface area contributed by atoms with E-state index in [9.17, 15) is 13.2 Å². The molecule has 2 aromatic carbocycles. The van der Waals surface area contributed by atoms with Crippen molar-refractivity contribution in [2.75, 3.05) is 20.8 Å². The van der Waals surface area contributed by atoms with Crippen LogP contribution in [0.5, 0.6) is 5.75 Å². The Morgan fingerprint density at radius 3 is 2.25 bits per heavy atom. The molecule has 0 unspecified atom stereocenters. The SMILES string of the molecule is COC(=O)C1=C(c2ccc(Br)cc2)N(S(=O)(=O)c2ccc(OC)cc2)CC=C1. The predicted octanol–water partition coefficient (Wildman–Crippen LogP) is 3.60. The first-order valence-electron chi connectivity index (χ1n) is 8.30. The van der Waals surface area contributed by atoms with E-state index in [0.29, 0.717) is 11.3 Å². The van der Waals surface area contributed by atoms with Gasteiger partial charge in [-0.3, -0.25) is 4.31 Å². The van der Waals surface area contributed by atoms with Gasteiger partial charge in [0.15, 0.2) is 0 Å². The Labute approximate surface area is 172 Å². The molecule has 0 atom stereocenters. The van der Waals surface area contributed by atoms with Crippen molar-refractivity contribution in [3.63, 3.8) is 0 Å². The van der Waals surface area contributed by atoms with E-state index in [4.69, 9.17) is 9.47 Å². The molecule has 0 fully saturated rings. The van der Waals surface area contributed by atoms with Gasteiger partial charge in [0.2, 0.25) is 0 Å². The lowest BCUT2D eigenvalue weighted by Crippen LogP contribution is -2.33. The highest BCUT2D eigenvalue weighted by molar-refractivity contribution is 9.10. The van der Waals surface area contributed by atoms with Crippen molar-refractivity contribution < 1.29 is 22.7 Å². The first kappa shape index (κ1) is 20.2. The highest BCUT2D eigenvalue weighted by Crippen LogP contribution is 2.34. The molecule has 2 aromatic rings. The number of rotatable bonds is 5. The molecule has 1 heterocycles. The highest BCUT2D eigenvalue weighted by atomic mass is 79.9. The molecule has 28 heavy (non-hydrogen) atoms. The summed E-state index contributed by atoms with van der Waals surface area (Å²) in [6, 6.07) is 13.2. The van der Waals surface area contributed by atoms with Gasteiger partial charge in [-0.1, -0.05) is 34.1 Å². The third kappa shape index (κ3) is 3.83. The minimum absolute atomic E-state index is 0.0975. The van der Waals surface area contributed by atoms with Crippen molar-refractivity contribution in [3.8, 4) is 5.75 Å². The van der Waals surface area contributed by atoms with Gasteiger partial charge in [0.05, 0.1) is 36.9 Å². The number of nitrogens with zero attached hydrogens (tertiary/aromatic N) is 1. The van der Waals surface area contributed by atoms with Gasteiger partial charge < -0.3 is 9.47 Å². The first-order valence-corrected chi connectivity index (χ1v) is 10.5. The Morgan fingerprint density at radius 1 is 1.04 bits per heavy atom. The number of halogens is 1. The fourth-order valence-corrected chi connectivity index (χ4v) is 4.57. The summed E-state index contributed by atoms with van der Waals surface area (Å²) in [6.45, 7) is 0.0975. The maximum atomic E-state index is 13.3. The summed E-state index contributed by atoms with van der Waals surface area (Å²) in [5.74, 6) is -0.0554. The Balaban J connectivity index is 2.16. The Morgan fingerprint density at radius 2 is 1.68 bits per heavy atom. The van der Waals surface area contributed by atoms with Crippen LogP contribution in [-0.2, 0) is 19.6 Å². The quantitative estimate of drug-likeness (QED) is 0.633. The molecular weight excluding hydrogens is 446 g/mol. The van der Waals surface area contributed by atoms with E-state index in [1.165, 1.54) is 30.7 Å². The largest absolute Gasteiger partial charge is 0.497 e. The molecule has 0 saturated carbocycles. The lowest BCUT2D eigenvalue weighted by molar-refractivity contribution is -0.135. The highest BCUT2D eigenvalue weighted by Gasteiger charge is 2.32. The molecule has 0 N–H and O–H groups in total. The van der Waals surface area contributed by atoms with E-state index in [1.807, 2.05) is 0 Å². The molecule has 0 bridgehead atoms. The molecule has 0 spiro atoms. The predicted molar refractivity (Wildman–Crippen MR) is 109 cm³/mol. The summed E-state index contributed by atoms with van der Waals surface area (Å²) < 4.78 is 38.7. The minimum Gasteiger partial charge on any atom is -0.497 e. The minimum atomic E-state index is -3.92. The maximum absolute atomic E-state index is 13.3. The third-order valence-electron chi connectivity index (χ3n) is 4.23. The molecule has 1 aliphatic heterocycles. The second-order valence-corrected chi connectivity index (χ2v) is 8.65. The van der Waals surface area contributed by atoms with Crippen LogP contribution in [0.4, 0.5) is 0 Å². The van der Waals surface area contributed by atoms with E-state index in [-0.39, 0.29) is 22.7 Å². The Bertz CT molecular complexity index is 1040. The van der Waals surface area contributed by atoms with Crippen molar-refractivity contribution in [3.05, 3.63) is 76.3 Å².